The molecule has 4 heteroatoms. The van der Waals surface area contributed by atoms with Gasteiger partial charge in [-0.25, -0.2) is 0 Å². The van der Waals surface area contributed by atoms with Crippen LogP contribution in [-0.2, 0) is 11.3 Å². The SMILES string of the molecule is Cc1ccccc1O[C@H](C)C(=O)NC1CCN(Cc2ccccc2)CC1. The molecule has 0 bridgehead atoms. The molecule has 1 aliphatic heterocycles. The maximum Gasteiger partial charge on any atom is 0.260 e. The first-order chi connectivity index (χ1) is 12.6. The van der Waals surface area contributed by atoms with Crippen molar-refractivity contribution in [2.24, 2.45) is 0 Å². The Bertz CT molecular complexity index is 709. The van der Waals surface area contributed by atoms with E-state index in [2.05, 4.69) is 34.5 Å². The lowest BCUT2D eigenvalue weighted by atomic mass is 10.0. The lowest BCUT2D eigenvalue weighted by Gasteiger charge is -2.32. The van der Waals surface area contributed by atoms with E-state index < -0.39 is 6.10 Å². The minimum Gasteiger partial charge on any atom is -0.481 e. The third-order valence-corrected chi connectivity index (χ3v) is 4.95. The smallest absolute Gasteiger partial charge is 0.260 e. The first-order valence-corrected chi connectivity index (χ1v) is 9.41. The van der Waals surface area contributed by atoms with E-state index >= 15 is 0 Å². The average Bonchev–Trinajstić information content (AvgIpc) is 2.66. The van der Waals surface area contributed by atoms with Gasteiger partial charge >= 0.3 is 0 Å². The standard InChI is InChI=1S/C22H28N2O2/c1-17-8-6-7-11-21(17)26-18(2)22(25)23-20-12-14-24(15-13-20)16-19-9-4-3-5-10-19/h3-11,18,20H,12-16H2,1-2H3,(H,23,25)/t18-/m1/s1. The number of carbonyl (C=O) groups excluding carboxylic acids is 1. The van der Waals surface area contributed by atoms with Crippen molar-refractivity contribution in [1.82, 2.24) is 10.2 Å². The Morgan fingerprint density at radius 2 is 1.77 bits per heavy atom. The molecule has 2 aromatic rings. The van der Waals surface area contributed by atoms with Crippen molar-refractivity contribution in [2.75, 3.05) is 13.1 Å². The molecule has 0 aromatic heterocycles. The van der Waals surface area contributed by atoms with Crippen LogP contribution in [0.3, 0.4) is 0 Å². The lowest BCUT2D eigenvalue weighted by Crippen LogP contribution is -2.47. The molecule has 1 saturated heterocycles. The first-order valence-electron chi connectivity index (χ1n) is 9.41. The van der Waals surface area contributed by atoms with Crippen LogP contribution < -0.4 is 10.1 Å². The summed E-state index contributed by atoms with van der Waals surface area (Å²) in [6, 6.07) is 18.6. The molecular formula is C22H28N2O2. The number of likely N-dealkylation sites (tertiary alicyclic amines) is 1. The van der Waals surface area contributed by atoms with E-state index in [-0.39, 0.29) is 11.9 Å². The van der Waals surface area contributed by atoms with Gasteiger partial charge in [0.15, 0.2) is 6.10 Å². The zero-order valence-corrected chi connectivity index (χ0v) is 15.7. The van der Waals surface area contributed by atoms with E-state index in [0.29, 0.717) is 0 Å². The summed E-state index contributed by atoms with van der Waals surface area (Å²) in [6.07, 6.45) is 1.48. The number of amides is 1. The Hall–Kier alpha value is -2.33. The Balaban J connectivity index is 1.43. The van der Waals surface area contributed by atoms with Crippen molar-refractivity contribution < 1.29 is 9.53 Å². The number of para-hydroxylation sites is 1. The normalized spacial score (nSPS) is 16.8. The molecule has 26 heavy (non-hydrogen) atoms. The summed E-state index contributed by atoms with van der Waals surface area (Å²) in [5.74, 6) is 0.739. The average molecular weight is 352 g/mol. The summed E-state index contributed by atoms with van der Waals surface area (Å²) < 4.78 is 5.83. The molecule has 1 heterocycles. The highest BCUT2D eigenvalue weighted by Crippen LogP contribution is 2.18. The second kappa shape index (κ2) is 8.86. The van der Waals surface area contributed by atoms with Gasteiger partial charge in [0, 0.05) is 25.7 Å². The van der Waals surface area contributed by atoms with Gasteiger partial charge in [0.05, 0.1) is 0 Å². The highest BCUT2D eigenvalue weighted by atomic mass is 16.5. The Morgan fingerprint density at radius 1 is 1.12 bits per heavy atom. The Morgan fingerprint density at radius 3 is 2.46 bits per heavy atom. The van der Waals surface area contributed by atoms with Crippen LogP contribution in [0.5, 0.6) is 5.75 Å². The van der Waals surface area contributed by atoms with Gasteiger partial charge < -0.3 is 10.1 Å². The fourth-order valence-corrected chi connectivity index (χ4v) is 3.33. The summed E-state index contributed by atoms with van der Waals surface area (Å²) >= 11 is 0. The van der Waals surface area contributed by atoms with E-state index in [0.717, 1.165) is 43.8 Å². The van der Waals surface area contributed by atoms with E-state index in [1.807, 2.05) is 44.2 Å². The zero-order chi connectivity index (χ0) is 18.4. The Kier molecular flexibility index (Phi) is 6.29. The maximum atomic E-state index is 12.4. The number of carbonyl (C=O) groups is 1. The minimum absolute atomic E-state index is 0.0326. The molecule has 1 aliphatic rings. The lowest BCUT2D eigenvalue weighted by molar-refractivity contribution is -0.128. The van der Waals surface area contributed by atoms with Gasteiger partial charge in [0.25, 0.3) is 5.91 Å². The van der Waals surface area contributed by atoms with Crippen molar-refractivity contribution >= 4 is 5.91 Å². The van der Waals surface area contributed by atoms with Crippen molar-refractivity contribution in [3.8, 4) is 5.75 Å². The van der Waals surface area contributed by atoms with Crippen LogP contribution in [0.4, 0.5) is 0 Å². The molecule has 1 amide bonds. The number of nitrogens with zero attached hydrogens (tertiary/aromatic N) is 1. The van der Waals surface area contributed by atoms with Crippen molar-refractivity contribution in [3.05, 3.63) is 65.7 Å². The fourth-order valence-electron chi connectivity index (χ4n) is 3.33. The third-order valence-electron chi connectivity index (χ3n) is 4.95. The van der Waals surface area contributed by atoms with Crippen molar-refractivity contribution in [3.63, 3.8) is 0 Å². The number of nitrogens with one attached hydrogen (secondary N) is 1. The number of piperidine rings is 1. The summed E-state index contributed by atoms with van der Waals surface area (Å²) in [5, 5.41) is 3.15. The van der Waals surface area contributed by atoms with E-state index in [4.69, 9.17) is 4.74 Å². The number of benzene rings is 2. The second-order valence-corrected chi connectivity index (χ2v) is 7.07. The molecule has 3 rings (SSSR count). The molecule has 2 aromatic carbocycles. The number of aryl methyl sites for hydroxylation is 1. The first kappa shape index (κ1) is 18.5. The summed E-state index contributed by atoms with van der Waals surface area (Å²) in [7, 11) is 0. The molecule has 0 spiro atoms. The van der Waals surface area contributed by atoms with Crippen LogP contribution >= 0.6 is 0 Å². The molecule has 1 N–H and O–H groups in total. The van der Waals surface area contributed by atoms with E-state index in [1.165, 1.54) is 5.56 Å². The summed E-state index contributed by atoms with van der Waals surface area (Å²) in [6.45, 7) is 6.79. The molecule has 1 fully saturated rings. The van der Waals surface area contributed by atoms with E-state index in [1.54, 1.807) is 0 Å². The molecule has 0 radical (unpaired) electrons. The molecule has 138 valence electrons. The predicted octanol–water partition coefficient (Wildman–Crippen LogP) is 3.54. The number of hydrogen-bond donors (Lipinski definition) is 1. The van der Waals surface area contributed by atoms with Crippen molar-refractivity contribution in [1.29, 1.82) is 0 Å². The largest absolute Gasteiger partial charge is 0.481 e. The van der Waals surface area contributed by atoms with Gasteiger partial charge in [-0.3, -0.25) is 9.69 Å². The third kappa shape index (κ3) is 5.09. The van der Waals surface area contributed by atoms with Gasteiger partial charge in [-0.1, -0.05) is 48.5 Å². The van der Waals surface area contributed by atoms with Crippen LogP contribution in [0.2, 0.25) is 0 Å². The number of rotatable bonds is 6. The molecule has 0 aliphatic carbocycles. The Labute approximate surface area is 156 Å². The van der Waals surface area contributed by atoms with Crippen LogP contribution in [0, 0.1) is 6.92 Å². The van der Waals surface area contributed by atoms with Gasteiger partial charge in [0.1, 0.15) is 5.75 Å². The van der Waals surface area contributed by atoms with Gasteiger partial charge in [-0.2, -0.15) is 0 Å². The summed E-state index contributed by atoms with van der Waals surface area (Å²) in [4.78, 5) is 14.9. The zero-order valence-electron chi connectivity index (χ0n) is 15.7. The van der Waals surface area contributed by atoms with Crippen LogP contribution in [-0.4, -0.2) is 36.0 Å². The predicted molar refractivity (Wildman–Crippen MR) is 104 cm³/mol. The number of hydrogen-bond acceptors (Lipinski definition) is 3. The van der Waals surface area contributed by atoms with Gasteiger partial charge in [0.2, 0.25) is 0 Å². The highest BCUT2D eigenvalue weighted by molar-refractivity contribution is 5.81. The van der Waals surface area contributed by atoms with Crippen LogP contribution in [0.15, 0.2) is 54.6 Å². The van der Waals surface area contributed by atoms with Gasteiger partial charge in [-0.15, -0.1) is 0 Å². The second-order valence-electron chi connectivity index (χ2n) is 7.07. The van der Waals surface area contributed by atoms with Crippen LogP contribution in [0.1, 0.15) is 30.9 Å². The molecule has 4 nitrogen and oxygen atoms in total. The molecule has 1 atom stereocenters. The fraction of sp³-hybridized carbons (Fsp3) is 0.409. The molecule has 0 unspecified atom stereocenters. The minimum atomic E-state index is -0.488. The van der Waals surface area contributed by atoms with Crippen LogP contribution in [0.25, 0.3) is 0 Å². The van der Waals surface area contributed by atoms with Gasteiger partial charge in [-0.05, 0) is 43.9 Å². The molecular weight excluding hydrogens is 324 g/mol. The molecule has 0 saturated carbocycles. The topological polar surface area (TPSA) is 41.6 Å². The van der Waals surface area contributed by atoms with Crippen molar-refractivity contribution in [2.45, 2.75) is 45.4 Å². The monoisotopic (exact) mass is 352 g/mol. The quantitative estimate of drug-likeness (QED) is 0.864. The number of ether oxygens (including phenoxy) is 1. The summed E-state index contributed by atoms with van der Waals surface area (Å²) in [5.41, 5.74) is 2.39. The van der Waals surface area contributed by atoms with E-state index in [9.17, 15) is 4.79 Å². The highest BCUT2D eigenvalue weighted by Gasteiger charge is 2.23. The maximum absolute atomic E-state index is 12.4.